The number of thiophene rings is 1. The molecule has 1 aromatic heterocycles. The molecule has 1 heterocycles. The van der Waals surface area contributed by atoms with Crippen LogP contribution in [-0.4, -0.2) is 22.8 Å². The Kier molecular flexibility index (Phi) is 6.69. The van der Waals surface area contributed by atoms with E-state index in [1.165, 1.54) is 23.5 Å². The zero-order chi connectivity index (χ0) is 17.5. The summed E-state index contributed by atoms with van der Waals surface area (Å²) >= 11 is 1.27. The van der Waals surface area contributed by atoms with Crippen LogP contribution >= 0.6 is 11.3 Å². The lowest BCUT2D eigenvalue weighted by atomic mass is 10.1. The van der Waals surface area contributed by atoms with Gasteiger partial charge in [0.05, 0.1) is 13.2 Å². The lowest BCUT2D eigenvalue weighted by Crippen LogP contribution is -2.02. The highest BCUT2D eigenvalue weighted by molar-refractivity contribution is 7.15. The molecule has 0 radical (unpaired) electrons. The number of aliphatic hydroxyl groups excluding tert-OH is 1. The molecule has 0 fully saturated rings. The quantitative estimate of drug-likeness (QED) is 0.661. The van der Waals surface area contributed by atoms with Crippen LogP contribution in [0, 0.1) is 11.6 Å². The van der Waals surface area contributed by atoms with Crippen molar-refractivity contribution < 1.29 is 28.5 Å². The Morgan fingerprint density at radius 2 is 1.83 bits per heavy atom. The van der Waals surface area contributed by atoms with E-state index in [0.29, 0.717) is 34.6 Å². The van der Waals surface area contributed by atoms with Gasteiger partial charge >= 0.3 is 5.97 Å². The van der Waals surface area contributed by atoms with Crippen molar-refractivity contribution in [2.45, 2.75) is 32.3 Å². The number of ether oxygens (including phenoxy) is 1. The molecule has 0 unspecified atom stereocenters. The Morgan fingerprint density at radius 1 is 1.12 bits per heavy atom. The van der Waals surface area contributed by atoms with Crippen molar-refractivity contribution >= 4 is 17.3 Å². The van der Waals surface area contributed by atoms with Gasteiger partial charge < -0.3 is 14.9 Å². The first-order chi connectivity index (χ1) is 11.5. The first-order valence-corrected chi connectivity index (χ1v) is 8.36. The van der Waals surface area contributed by atoms with Gasteiger partial charge in [-0.3, -0.25) is 4.79 Å². The largest absolute Gasteiger partial charge is 0.488 e. The molecule has 0 atom stereocenters. The maximum Gasteiger partial charge on any atom is 0.303 e. The number of rotatable bonds is 9. The Hall–Kier alpha value is -1.99. The number of halogens is 2. The minimum atomic E-state index is -0.860. The molecule has 7 heteroatoms. The summed E-state index contributed by atoms with van der Waals surface area (Å²) < 4.78 is 33.3. The Labute approximate surface area is 142 Å². The van der Waals surface area contributed by atoms with Gasteiger partial charge in [-0.1, -0.05) is 0 Å². The van der Waals surface area contributed by atoms with Crippen LogP contribution in [-0.2, 0) is 11.4 Å². The zero-order valence-corrected chi connectivity index (χ0v) is 13.7. The van der Waals surface area contributed by atoms with E-state index in [-0.39, 0.29) is 19.6 Å². The summed E-state index contributed by atoms with van der Waals surface area (Å²) in [5, 5.41) is 17.6. The van der Waals surface area contributed by atoms with Gasteiger partial charge in [-0.05, 0) is 49.1 Å². The van der Waals surface area contributed by atoms with Crippen LogP contribution in [0.25, 0.3) is 10.4 Å². The third-order valence-electron chi connectivity index (χ3n) is 3.38. The number of carbonyl (C=O) groups is 1. The number of aliphatic hydroxyl groups is 1. The predicted molar refractivity (Wildman–Crippen MR) is 87.2 cm³/mol. The highest BCUT2D eigenvalue weighted by Gasteiger charge is 2.14. The molecular formula is C17H18F2O4S. The first-order valence-electron chi connectivity index (χ1n) is 7.55. The molecule has 0 spiro atoms. The second-order valence-electron chi connectivity index (χ2n) is 5.25. The molecule has 24 heavy (non-hydrogen) atoms. The van der Waals surface area contributed by atoms with Crippen LogP contribution in [0.3, 0.4) is 0 Å². The third kappa shape index (κ3) is 5.01. The topological polar surface area (TPSA) is 66.8 Å². The SMILES string of the molecule is O=C(O)CCCCCOc1c(F)cc(-c2ccc(CO)s2)cc1F. The fraction of sp³-hybridized carbons (Fsp3) is 0.353. The molecule has 0 aliphatic rings. The molecule has 0 aliphatic heterocycles. The maximum atomic E-state index is 14.1. The lowest BCUT2D eigenvalue weighted by molar-refractivity contribution is -0.137. The molecule has 2 aromatic rings. The van der Waals surface area contributed by atoms with Crippen molar-refractivity contribution in [3.63, 3.8) is 0 Å². The van der Waals surface area contributed by atoms with E-state index in [1.807, 2.05) is 0 Å². The smallest absolute Gasteiger partial charge is 0.303 e. The first kappa shape index (κ1) is 18.4. The van der Waals surface area contributed by atoms with E-state index in [2.05, 4.69) is 0 Å². The van der Waals surface area contributed by atoms with Crippen molar-refractivity contribution in [1.82, 2.24) is 0 Å². The number of hydrogen-bond donors (Lipinski definition) is 2. The van der Waals surface area contributed by atoms with E-state index >= 15 is 0 Å². The average Bonchev–Trinajstić information content (AvgIpc) is 3.01. The van der Waals surface area contributed by atoms with Gasteiger partial charge in [-0.2, -0.15) is 0 Å². The molecule has 0 saturated carbocycles. The van der Waals surface area contributed by atoms with Crippen molar-refractivity contribution in [3.05, 3.63) is 40.8 Å². The number of benzene rings is 1. The third-order valence-corrected chi connectivity index (χ3v) is 4.50. The number of hydrogen-bond acceptors (Lipinski definition) is 4. The predicted octanol–water partition coefficient (Wildman–Crippen LogP) is 4.21. The maximum absolute atomic E-state index is 14.1. The van der Waals surface area contributed by atoms with Gasteiger partial charge in [0, 0.05) is 16.2 Å². The molecule has 2 N–H and O–H groups in total. The number of aliphatic carboxylic acids is 1. The fourth-order valence-electron chi connectivity index (χ4n) is 2.19. The Morgan fingerprint density at radius 3 is 2.42 bits per heavy atom. The summed E-state index contributed by atoms with van der Waals surface area (Å²) in [5.41, 5.74) is 0.392. The molecule has 0 amide bonds. The molecule has 1 aromatic carbocycles. The Balaban J connectivity index is 1.95. The normalized spacial score (nSPS) is 10.8. The average molecular weight is 356 g/mol. The highest BCUT2D eigenvalue weighted by atomic mass is 32.1. The summed E-state index contributed by atoms with van der Waals surface area (Å²) in [6.45, 7) is 0.0131. The van der Waals surface area contributed by atoms with Gasteiger partial charge in [-0.15, -0.1) is 11.3 Å². The standard InChI is InChI=1S/C17H18F2O4S/c18-13-8-11(15-6-5-12(10-20)24-15)9-14(19)17(13)23-7-3-1-2-4-16(21)22/h5-6,8-9,20H,1-4,7,10H2,(H,21,22). The van der Waals surface area contributed by atoms with Gasteiger partial charge in [0.2, 0.25) is 0 Å². The summed E-state index contributed by atoms with van der Waals surface area (Å²) in [6, 6.07) is 5.82. The van der Waals surface area contributed by atoms with Crippen LogP contribution in [0.15, 0.2) is 24.3 Å². The molecule has 0 saturated heterocycles. The van der Waals surface area contributed by atoms with Crippen LogP contribution in [0.5, 0.6) is 5.75 Å². The van der Waals surface area contributed by atoms with Crippen LogP contribution in [0.4, 0.5) is 8.78 Å². The fourth-order valence-corrected chi connectivity index (χ4v) is 3.04. The molecular weight excluding hydrogens is 338 g/mol. The summed E-state index contributed by atoms with van der Waals surface area (Å²) in [6.07, 6.45) is 1.73. The second-order valence-corrected chi connectivity index (χ2v) is 6.41. The zero-order valence-electron chi connectivity index (χ0n) is 12.9. The second kappa shape index (κ2) is 8.75. The minimum absolute atomic E-state index is 0.0774. The van der Waals surface area contributed by atoms with E-state index in [0.717, 1.165) is 0 Å². The summed E-state index contributed by atoms with van der Waals surface area (Å²) in [5.74, 6) is -2.85. The van der Waals surface area contributed by atoms with E-state index in [1.54, 1.807) is 12.1 Å². The van der Waals surface area contributed by atoms with Crippen LogP contribution < -0.4 is 4.74 Å². The molecule has 130 valence electrons. The van der Waals surface area contributed by atoms with E-state index in [9.17, 15) is 13.6 Å². The van der Waals surface area contributed by atoms with Crippen LogP contribution in [0.1, 0.15) is 30.6 Å². The van der Waals surface area contributed by atoms with Crippen molar-refractivity contribution in [1.29, 1.82) is 0 Å². The van der Waals surface area contributed by atoms with Gasteiger partial charge in [0.25, 0.3) is 0 Å². The molecule has 0 aliphatic carbocycles. The Bertz CT molecular complexity index is 677. The number of carboxylic acid groups (broad SMARTS) is 1. The summed E-state index contributed by atoms with van der Waals surface area (Å²) in [4.78, 5) is 11.7. The molecule has 4 nitrogen and oxygen atoms in total. The monoisotopic (exact) mass is 356 g/mol. The molecule has 2 rings (SSSR count). The number of carboxylic acids is 1. The highest BCUT2D eigenvalue weighted by Crippen LogP contribution is 2.33. The number of unbranched alkanes of at least 4 members (excludes halogenated alkanes) is 2. The van der Waals surface area contributed by atoms with Gasteiger partial charge in [0.1, 0.15) is 0 Å². The summed E-state index contributed by atoms with van der Waals surface area (Å²) in [7, 11) is 0. The van der Waals surface area contributed by atoms with E-state index in [4.69, 9.17) is 14.9 Å². The van der Waals surface area contributed by atoms with Crippen LogP contribution in [0.2, 0.25) is 0 Å². The van der Waals surface area contributed by atoms with Crippen molar-refractivity contribution in [2.75, 3.05) is 6.61 Å². The van der Waals surface area contributed by atoms with Crippen molar-refractivity contribution in [3.8, 4) is 16.2 Å². The molecule has 0 bridgehead atoms. The lowest BCUT2D eigenvalue weighted by Gasteiger charge is -2.09. The van der Waals surface area contributed by atoms with Crippen molar-refractivity contribution in [2.24, 2.45) is 0 Å². The minimum Gasteiger partial charge on any atom is -0.488 e. The van der Waals surface area contributed by atoms with E-state index < -0.39 is 23.4 Å². The van der Waals surface area contributed by atoms with Gasteiger partial charge in [-0.25, -0.2) is 8.78 Å². The van der Waals surface area contributed by atoms with Gasteiger partial charge in [0.15, 0.2) is 17.4 Å².